The number of carbonyl (C=O) groups excluding carboxylic acids is 2. The molecule has 2 amide bonds. The molecule has 202 valence electrons. The van der Waals surface area contributed by atoms with Gasteiger partial charge in [-0.05, 0) is 48.2 Å². The first-order valence-electron chi connectivity index (χ1n) is 13.4. The topological polar surface area (TPSA) is 100 Å². The van der Waals surface area contributed by atoms with Crippen LogP contribution in [-0.2, 0) is 17.1 Å². The number of unbranched alkanes of at least 4 members (excludes halogenated alkanes) is 2. The first-order valence-corrected chi connectivity index (χ1v) is 14.4. The predicted molar refractivity (Wildman–Crippen MR) is 148 cm³/mol. The third-order valence-electron chi connectivity index (χ3n) is 7.12. The molecule has 1 saturated carbocycles. The molecule has 2 aromatic carbocycles. The minimum absolute atomic E-state index is 0.209. The lowest BCUT2D eigenvalue weighted by molar-refractivity contribution is -0.130. The Labute approximate surface area is 228 Å². The molecule has 1 aliphatic carbocycles. The summed E-state index contributed by atoms with van der Waals surface area (Å²) in [6, 6.07) is 15.0. The molecule has 38 heavy (non-hydrogen) atoms. The van der Waals surface area contributed by atoms with Crippen LogP contribution in [0.3, 0.4) is 0 Å². The van der Waals surface area contributed by atoms with Gasteiger partial charge in [0.15, 0.2) is 0 Å². The first kappa shape index (κ1) is 27.9. The number of benzene rings is 2. The lowest BCUT2D eigenvalue weighted by Gasteiger charge is -2.18. The van der Waals surface area contributed by atoms with E-state index in [0.29, 0.717) is 30.0 Å². The molecule has 0 bridgehead atoms. The highest BCUT2D eigenvalue weighted by Gasteiger charge is 2.15. The molecule has 0 atom stereocenters. The number of hydrogen-bond acceptors (Lipinski definition) is 6. The predicted octanol–water partition coefficient (Wildman–Crippen LogP) is 5.78. The van der Waals surface area contributed by atoms with Gasteiger partial charge in [-0.3, -0.25) is 14.8 Å². The summed E-state index contributed by atoms with van der Waals surface area (Å²) in [6.07, 6.45) is 12.8. The maximum absolute atomic E-state index is 12.6. The second-order valence-electron chi connectivity index (χ2n) is 10.1. The van der Waals surface area contributed by atoms with Crippen molar-refractivity contribution in [3.63, 3.8) is 0 Å². The number of rotatable bonds is 13. The Hall–Kier alpha value is -3.17. The van der Waals surface area contributed by atoms with E-state index < -0.39 is 5.91 Å². The van der Waals surface area contributed by atoms with E-state index in [2.05, 4.69) is 28.5 Å². The average Bonchev–Trinajstić information content (AvgIpc) is 3.64. The van der Waals surface area contributed by atoms with E-state index >= 15 is 0 Å². The van der Waals surface area contributed by atoms with Gasteiger partial charge in [0.1, 0.15) is 0 Å². The van der Waals surface area contributed by atoms with E-state index in [9.17, 15) is 9.59 Å². The fraction of sp³-hybridized carbons (Fsp3) is 0.448. The highest BCUT2D eigenvalue weighted by atomic mass is 32.2. The summed E-state index contributed by atoms with van der Waals surface area (Å²) in [5.74, 6) is 1.20. The van der Waals surface area contributed by atoms with Crippen molar-refractivity contribution in [2.24, 2.45) is 5.92 Å². The van der Waals surface area contributed by atoms with Gasteiger partial charge in [-0.1, -0.05) is 68.4 Å². The molecule has 8 nitrogen and oxygen atoms in total. The molecule has 1 aromatic heterocycles. The summed E-state index contributed by atoms with van der Waals surface area (Å²) in [5, 5.41) is 17.3. The smallest absolute Gasteiger partial charge is 0.274 e. The molecule has 0 spiro atoms. The molecular weight excluding hydrogens is 498 g/mol. The molecule has 1 aliphatic rings. The Morgan fingerprint density at radius 3 is 2.74 bits per heavy atom. The zero-order valence-electron chi connectivity index (χ0n) is 22.0. The summed E-state index contributed by atoms with van der Waals surface area (Å²) in [7, 11) is 1.89. The number of amides is 2. The molecular formula is C29H37N5O3S. The van der Waals surface area contributed by atoms with Crippen LogP contribution in [0.5, 0.6) is 0 Å². The van der Waals surface area contributed by atoms with E-state index in [0.717, 1.165) is 34.9 Å². The number of nitrogens with one attached hydrogen (secondary N) is 1. The van der Waals surface area contributed by atoms with Gasteiger partial charge < -0.3 is 4.90 Å². The Morgan fingerprint density at radius 1 is 1.11 bits per heavy atom. The van der Waals surface area contributed by atoms with Crippen LogP contribution in [0.25, 0.3) is 5.69 Å². The summed E-state index contributed by atoms with van der Waals surface area (Å²) in [4.78, 5) is 27.2. The quantitative estimate of drug-likeness (QED) is 0.125. The summed E-state index contributed by atoms with van der Waals surface area (Å²) < 4.78 is 1.61. The van der Waals surface area contributed by atoms with Gasteiger partial charge >= 0.3 is 0 Å². The SMILES string of the molecule is CN(Cc1cccc(SCc2cn(-c3cccc(C(=O)NO)c3)nn2)c1)C(=O)CCCCCC1CCCC1. The normalized spacial score (nSPS) is 13.5. The van der Waals surface area contributed by atoms with Crippen LogP contribution >= 0.6 is 11.8 Å². The van der Waals surface area contributed by atoms with Crippen LogP contribution in [-0.4, -0.2) is 44.0 Å². The van der Waals surface area contributed by atoms with Crippen LogP contribution in [0.2, 0.25) is 0 Å². The van der Waals surface area contributed by atoms with E-state index in [4.69, 9.17) is 5.21 Å². The second-order valence-corrected chi connectivity index (χ2v) is 11.1. The number of hydroxylamine groups is 1. The maximum Gasteiger partial charge on any atom is 0.274 e. The van der Waals surface area contributed by atoms with E-state index in [1.54, 1.807) is 40.1 Å². The maximum atomic E-state index is 12.6. The summed E-state index contributed by atoms with van der Waals surface area (Å²) in [5.41, 5.74) is 4.56. The van der Waals surface area contributed by atoms with Crippen molar-refractivity contribution in [2.75, 3.05) is 7.05 Å². The number of hydrogen-bond donors (Lipinski definition) is 2. The van der Waals surface area contributed by atoms with Gasteiger partial charge in [0.25, 0.3) is 5.91 Å². The zero-order chi connectivity index (χ0) is 26.7. The monoisotopic (exact) mass is 535 g/mol. The van der Waals surface area contributed by atoms with Gasteiger partial charge in [0, 0.05) is 36.2 Å². The molecule has 0 unspecified atom stereocenters. The van der Waals surface area contributed by atoms with E-state index in [-0.39, 0.29) is 5.91 Å². The van der Waals surface area contributed by atoms with Crippen LogP contribution in [0.1, 0.15) is 79.4 Å². The fourth-order valence-corrected chi connectivity index (χ4v) is 5.83. The Bertz CT molecular complexity index is 1210. The number of nitrogens with zero attached hydrogens (tertiary/aromatic N) is 4. The Balaban J connectivity index is 1.22. The standard InChI is InChI=1S/C29H37N5O3S/c1-33(28(35)16-4-2-3-9-22-10-5-6-11-22)19-23-12-7-15-27(17-23)38-21-25-20-34(32-30-25)26-14-8-13-24(18-26)29(36)31-37/h7-8,12-15,17-18,20,22,37H,2-6,9-11,16,19,21H2,1H3,(H,31,36). The van der Waals surface area contributed by atoms with E-state index in [1.807, 2.05) is 30.3 Å². The Kier molecular flexibility index (Phi) is 10.3. The molecule has 0 radical (unpaired) electrons. The molecule has 0 aliphatic heterocycles. The molecule has 1 fully saturated rings. The van der Waals surface area contributed by atoms with Gasteiger partial charge in [-0.2, -0.15) is 0 Å². The zero-order valence-corrected chi connectivity index (χ0v) is 22.8. The summed E-state index contributed by atoms with van der Waals surface area (Å²) in [6.45, 7) is 0.600. The third-order valence-corrected chi connectivity index (χ3v) is 8.15. The van der Waals surface area contributed by atoms with Gasteiger partial charge in [-0.25, -0.2) is 10.2 Å². The van der Waals surface area contributed by atoms with Crippen LogP contribution in [0.15, 0.2) is 59.6 Å². The molecule has 4 rings (SSSR count). The lowest BCUT2D eigenvalue weighted by Crippen LogP contribution is -2.25. The fourth-order valence-electron chi connectivity index (χ4n) is 4.97. The van der Waals surface area contributed by atoms with Crippen molar-refractivity contribution < 1.29 is 14.8 Å². The largest absolute Gasteiger partial charge is 0.341 e. The number of thioether (sulfide) groups is 1. The molecule has 1 heterocycles. The van der Waals surface area contributed by atoms with Crippen molar-refractivity contribution in [3.8, 4) is 5.69 Å². The molecule has 3 aromatic rings. The first-order chi connectivity index (χ1) is 18.5. The van der Waals surface area contributed by atoms with Crippen molar-refractivity contribution in [3.05, 3.63) is 71.5 Å². The van der Waals surface area contributed by atoms with Gasteiger partial charge in [0.05, 0.1) is 17.6 Å². The van der Waals surface area contributed by atoms with E-state index in [1.165, 1.54) is 38.5 Å². The third kappa shape index (κ3) is 8.16. The van der Waals surface area contributed by atoms with Gasteiger partial charge in [-0.15, -0.1) is 16.9 Å². The van der Waals surface area contributed by atoms with Gasteiger partial charge in [0.2, 0.25) is 5.91 Å². The molecule has 0 saturated heterocycles. The minimum atomic E-state index is -0.579. The number of aromatic nitrogens is 3. The van der Waals surface area contributed by atoms with Crippen LogP contribution in [0, 0.1) is 5.92 Å². The minimum Gasteiger partial charge on any atom is -0.341 e. The van der Waals surface area contributed by atoms with Crippen molar-refractivity contribution in [1.82, 2.24) is 25.4 Å². The highest BCUT2D eigenvalue weighted by Crippen LogP contribution is 2.29. The molecule has 9 heteroatoms. The van der Waals surface area contributed by atoms with Crippen molar-refractivity contribution >= 4 is 23.6 Å². The van der Waals surface area contributed by atoms with Crippen molar-refractivity contribution in [1.29, 1.82) is 0 Å². The van der Waals surface area contributed by atoms with Crippen LogP contribution in [0.4, 0.5) is 0 Å². The number of carbonyl (C=O) groups is 2. The summed E-state index contributed by atoms with van der Waals surface area (Å²) >= 11 is 1.66. The Morgan fingerprint density at radius 2 is 1.92 bits per heavy atom. The second kappa shape index (κ2) is 14.1. The average molecular weight is 536 g/mol. The lowest BCUT2D eigenvalue weighted by atomic mass is 9.99. The highest BCUT2D eigenvalue weighted by molar-refractivity contribution is 7.98. The van der Waals surface area contributed by atoms with Crippen molar-refractivity contribution in [2.45, 2.75) is 75.0 Å². The van der Waals surface area contributed by atoms with Crippen LogP contribution < -0.4 is 5.48 Å². The molecule has 2 N–H and O–H groups in total.